The summed E-state index contributed by atoms with van der Waals surface area (Å²) in [6.07, 6.45) is 0. The van der Waals surface area contributed by atoms with E-state index in [-0.39, 0.29) is 0 Å². The quantitative estimate of drug-likeness (QED) is 0.332. The van der Waals surface area contributed by atoms with Gasteiger partial charge in [0.05, 0.1) is 5.56 Å². The highest BCUT2D eigenvalue weighted by atomic mass is 35.5. The molecule has 2 aromatic carbocycles. The van der Waals surface area contributed by atoms with Crippen molar-refractivity contribution in [1.82, 2.24) is 0 Å². The van der Waals surface area contributed by atoms with Crippen LogP contribution in [0.25, 0.3) is 0 Å². The second kappa shape index (κ2) is 7.69. The van der Waals surface area contributed by atoms with Gasteiger partial charge in [0.1, 0.15) is 12.4 Å². The van der Waals surface area contributed by atoms with Gasteiger partial charge in [-0.25, -0.2) is 26.7 Å². The van der Waals surface area contributed by atoms with Crippen molar-refractivity contribution in [3.63, 3.8) is 0 Å². The Morgan fingerprint density at radius 2 is 1.56 bits per heavy atom. The summed E-state index contributed by atoms with van der Waals surface area (Å²) in [5, 5.41) is 0.457. The Balaban J connectivity index is 2.01. The van der Waals surface area contributed by atoms with Gasteiger partial charge in [-0.1, -0.05) is 11.6 Å². The van der Waals surface area contributed by atoms with E-state index in [1.165, 1.54) is 12.1 Å². The SMILES string of the molecule is Cc1cc(Cl)ccc1OCC(=O)OCc1c(F)c(F)c(F)c(F)c1F. The molecule has 2 aromatic rings. The van der Waals surface area contributed by atoms with Crippen LogP contribution in [-0.2, 0) is 16.1 Å². The van der Waals surface area contributed by atoms with Crippen LogP contribution in [0.5, 0.6) is 5.75 Å². The summed E-state index contributed by atoms with van der Waals surface area (Å²) in [5.74, 6) is -11.4. The molecular formula is C16H10ClF5O3. The number of esters is 1. The fourth-order valence-corrected chi connectivity index (χ4v) is 2.11. The van der Waals surface area contributed by atoms with Crippen LogP contribution in [0.3, 0.4) is 0 Å². The molecule has 0 saturated heterocycles. The number of ether oxygens (including phenoxy) is 2. The number of halogens is 6. The standard InChI is InChI=1S/C16H10ClF5O3/c1-7-4-8(17)2-3-10(7)24-6-11(23)25-5-9-12(18)14(20)16(22)15(21)13(9)19/h2-4H,5-6H2,1H3. The van der Waals surface area contributed by atoms with Crippen molar-refractivity contribution >= 4 is 17.6 Å². The minimum atomic E-state index is -2.29. The number of rotatable bonds is 5. The molecule has 0 aliphatic rings. The lowest BCUT2D eigenvalue weighted by atomic mass is 10.2. The van der Waals surface area contributed by atoms with E-state index in [0.717, 1.165) is 0 Å². The van der Waals surface area contributed by atoms with Crippen molar-refractivity contribution in [2.45, 2.75) is 13.5 Å². The molecular weight excluding hydrogens is 371 g/mol. The smallest absolute Gasteiger partial charge is 0.344 e. The van der Waals surface area contributed by atoms with Crippen LogP contribution in [0, 0.1) is 36.0 Å². The number of hydrogen-bond acceptors (Lipinski definition) is 3. The van der Waals surface area contributed by atoms with E-state index in [4.69, 9.17) is 16.3 Å². The van der Waals surface area contributed by atoms with E-state index in [1.807, 2.05) is 0 Å². The van der Waals surface area contributed by atoms with Gasteiger partial charge in [0.15, 0.2) is 29.9 Å². The van der Waals surface area contributed by atoms with Gasteiger partial charge in [-0.15, -0.1) is 0 Å². The second-order valence-electron chi connectivity index (χ2n) is 4.91. The minimum Gasteiger partial charge on any atom is -0.482 e. The molecule has 0 bridgehead atoms. The molecule has 0 fully saturated rings. The average molecular weight is 381 g/mol. The molecule has 0 radical (unpaired) electrons. The van der Waals surface area contributed by atoms with Crippen LogP contribution in [0.1, 0.15) is 11.1 Å². The Hall–Kier alpha value is -2.35. The molecule has 0 heterocycles. The maximum Gasteiger partial charge on any atom is 0.344 e. The Labute approximate surface area is 143 Å². The molecule has 0 amide bonds. The summed E-state index contributed by atoms with van der Waals surface area (Å²) in [6.45, 7) is -0.0905. The van der Waals surface area contributed by atoms with E-state index in [2.05, 4.69) is 4.74 Å². The monoisotopic (exact) mass is 380 g/mol. The van der Waals surface area contributed by atoms with Crippen molar-refractivity contribution in [1.29, 1.82) is 0 Å². The van der Waals surface area contributed by atoms with Gasteiger partial charge in [0, 0.05) is 5.02 Å². The molecule has 3 nitrogen and oxygen atoms in total. The van der Waals surface area contributed by atoms with Gasteiger partial charge < -0.3 is 9.47 Å². The predicted octanol–water partition coefficient (Wildman–Crippen LogP) is 4.47. The van der Waals surface area contributed by atoms with Crippen LogP contribution < -0.4 is 4.74 Å². The molecule has 2 rings (SSSR count). The predicted molar refractivity (Wildman–Crippen MR) is 77.7 cm³/mol. The first-order valence-electron chi connectivity index (χ1n) is 6.77. The molecule has 0 aromatic heterocycles. The lowest BCUT2D eigenvalue weighted by molar-refractivity contribution is -0.147. The Morgan fingerprint density at radius 3 is 2.12 bits per heavy atom. The highest BCUT2D eigenvalue weighted by Crippen LogP contribution is 2.24. The van der Waals surface area contributed by atoms with Crippen LogP contribution in [0.15, 0.2) is 18.2 Å². The summed E-state index contributed by atoms with van der Waals surface area (Å²) >= 11 is 5.76. The van der Waals surface area contributed by atoms with E-state index in [9.17, 15) is 26.7 Å². The van der Waals surface area contributed by atoms with Crippen molar-refractivity contribution in [2.75, 3.05) is 6.61 Å². The van der Waals surface area contributed by atoms with Crippen molar-refractivity contribution in [2.24, 2.45) is 0 Å². The first-order chi connectivity index (χ1) is 11.7. The number of carbonyl (C=O) groups is 1. The lowest BCUT2D eigenvalue weighted by Crippen LogP contribution is -2.17. The van der Waals surface area contributed by atoms with Crippen molar-refractivity contribution in [3.8, 4) is 5.75 Å². The molecule has 0 aliphatic heterocycles. The fraction of sp³-hybridized carbons (Fsp3) is 0.188. The molecule has 0 aliphatic carbocycles. The number of benzene rings is 2. The summed E-state index contributed by atoms with van der Waals surface area (Å²) in [5.41, 5.74) is -0.618. The third kappa shape index (κ3) is 4.19. The molecule has 0 N–H and O–H groups in total. The van der Waals surface area contributed by atoms with Gasteiger partial charge >= 0.3 is 5.97 Å². The van der Waals surface area contributed by atoms with Crippen LogP contribution in [0.4, 0.5) is 22.0 Å². The van der Waals surface area contributed by atoms with E-state index >= 15 is 0 Å². The maximum absolute atomic E-state index is 13.4. The van der Waals surface area contributed by atoms with Crippen LogP contribution >= 0.6 is 11.6 Å². The zero-order valence-electron chi connectivity index (χ0n) is 12.6. The first kappa shape index (κ1) is 19.0. The fourth-order valence-electron chi connectivity index (χ4n) is 1.88. The topological polar surface area (TPSA) is 35.5 Å². The van der Waals surface area contributed by atoms with E-state index < -0.39 is 53.8 Å². The largest absolute Gasteiger partial charge is 0.482 e. The molecule has 0 spiro atoms. The van der Waals surface area contributed by atoms with E-state index in [1.54, 1.807) is 13.0 Å². The minimum absolute atomic E-state index is 0.317. The first-order valence-corrected chi connectivity index (χ1v) is 7.15. The Morgan fingerprint density at radius 1 is 1.00 bits per heavy atom. The van der Waals surface area contributed by atoms with Crippen LogP contribution in [-0.4, -0.2) is 12.6 Å². The highest BCUT2D eigenvalue weighted by Gasteiger charge is 2.26. The third-order valence-corrected chi connectivity index (χ3v) is 3.40. The number of aryl methyl sites for hydroxylation is 1. The molecule has 134 valence electrons. The summed E-state index contributed by atoms with van der Waals surface area (Å²) in [6, 6.07) is 4.59. The molecule has 9 heteroatoms. The van der Waals surface area contributed by atoms with Gasteiger partial charge in [0.25, 0.3) is 0 Å². The molecule has 0 atom stereocenters. The summed E-state index contributed by atoms with van der Waals surface area (Å²) in [4.78, 5) is 11.5. The highest BCUT2D eigenvalue weighted by molar-refractivity contribution is 6.30. The lowest BCUT2D eigenvalue weighted by Gasteiger charge is -2.11. The van der Waals surface area contributed by atoms with E-state index in [0.29, 0.717) is 16.3 Å². The average Bonchev–Trinajstić information content (AvgIpc) is 2.57. The van der Waals surface area contributed by atoms with Gasteiger partial charge in [-0.05, 0) is 30.7 Å². The Kier molecular flexibility index (Phi) is 5.84. The molecule has 0 unspecified atom stereocenters. The van der Waals surface area contributed by atoms with Gasteiger partial charge in [-0.3, -0.25) is 0 Å². The zero-order valence-corrected chi connectivity index (χ0v) is 13.4. The second-order valence-corrected chi connectivity index (χ2v) is 5.34. The normalized spacial score (nSPS) is 10.7. The maximum atomic E-state index is 13.4. The summed E-state index contributed by atoms with van der Waals surface area (Å²) in [7, 11) is 0. The Bertz CT molecular complexity index is 797. The van der Waals surface area contributed by atoms with Gasteiger partial charge in [-0.2, -0.15) is 0 Å². The molecule has 0 saturated carbocycles. The van der Waals surface area contributed by atoms with Gasteiger partial charge in [0.2, 0.25) is 5.82 Å². The molecule has 25 heavy (non-hydrogen) atoms. The van der Waals surface area contributed by atoms with Crippen molar-refractivity contribution in [3.05, 3.63) is 63.4 Å². The van der Waals surface area contributed by atoms with Crippen LogP contribution in [0.2, 0.25) is 5.02 Å². The zero-order chi connectivity index (χ0) is 18.7. The summed E-state index contributed by atoms with van der Waals surface area (Å²) < 4.78 is 75.5. The number of hydrogen-bond donors (Lipinski definition) is 0. The number of carbonyl (C=O) groups excluding carboxylic acids is 1. The third-order valence-electron chi connectivity index (χ3n) is 3.16. The van der Waals surface area contributed by atoms with Crippen molar-refractivity contribution < 1.29 is 36.2 Å².